The molecule has 27 heavy (non-hydrogen) atoms. The fraction of sp³-hybridized carbons (Fsp3) is 0.200. The first-order chi connectivity index (χ1) is 13.1. The summed E-state index contributed by atoms with van der Waals surface area (Å²) in [4.78, 5) is 16.3. The number of halogens is 2. The molecule has 0 spiro atoms. The lowest BCUT2D eigenvalue weighted by Crippen LogP contribution is -2.47. The van der Waals surface area contributed by atoms with Crippen molar-refractivity contribution in [3.63, 3.8) is 0 Å². The number of allylic oxidation sites excluding steroid dienone is 1. The summed E-state index contributed by atoms with van der Waals surface area (Å²) in [6.07, 6.45) is 0.0468. The number of anilines is 1. The first-order valence-corrected chi connectivity index (χ1v) is 9.39. The van der Waals surface area contributed by atoms with Gasteiger partial charge in [0.2, 0.25) is 5.91 Å². The van der Waals surface area contributed by atoms with E-state index < -0.39 is 11.7 Å². The van der Waals surface area contributed by atoms with Crippen molar-refractivity contribution in [3.05, 3.63) is 76.3 Å². The highest BCUT2D eigenvalue weighted by molar-refractivity contribution is 8.03. The molecule has 2 aliphatic rings. The number of hydrogen-bond donors (Lipinski definition) is 0. The molecule has 4 nitrogen and oxygen atoms in total. The summed E-state index contributed by atoms with van der Waals surface area (Å²) in [6, 6.07) is 14.5. The molecule has 0 saturated carbocycles. The largest absolute Gasteiger partial charge is 0.344 e. The van der Waals surface area contributed by atoms with Crippen molar-refractivity contribution in [1.82, 2.24) is 4.90 Å². The van der Waals surface area contributed by atoms with Crippen LogP contribution in [0.1, 0.15) is 17.9 Å². The lowest BCUT2D eigenvalue weighted by atomic mass is 9.86. The molecule has 0 radical (unpaired) electrons. The third kappa shape index (κ3) is 3.17. The van der Waals surface area contributed by atoms with Crippen molar-refractivity contribution < 1.29 is 13.6 Å². The first kappa shape index (κ1) is 17.6. The van der Waals surface area contributed by atoms with Gasteiger partial charge < -0.3 is 4.90 Å². The molecule has 2 aromatic rings. The van der Waals surface area contributed by atoms with Gasteiger partial charge in [-0.3, -0.25) is 9.69 Å². The van der Waals surface area contributed by atoms with Gasteiger partial charge in [0.25, 0.3) is 0 Å². The average molecular weight is 383 g/mol. The van der Waals surface area contributed by atoms with E-state index in [1.54, 1.807) is 35.2 Å². The lowest BCUT2D eigenvalue weighted by molar-refractivity contribution is -0.129. The summed E-state index contributed by atoms with van der Waals surface area (Å²) in [6.45, 7) is 0.280. The Labute approximate surface area is 159 Å². The van der Waals surface area contributed by atoms with Gasteiger partial charge in [0, 0.05) is 18.0 Å². The van der Waals surface area contributed by atoms with Crippen molar-refractivity contribution >= 4 is 23.4 Å². The van der Waals surface area contributed by atoms with Gasteiger partial charge in [-0.25, -0.2) is 8.78 Å². The number of amides is 1. The van der Waals surface area contributed by atoms with E-state index in [9.17, 15) is 18.8 Å². The van der Waals surface area contributed by atoms with Crippen LogP contribution >= 0.6 is 11.8 Å². The molecule has 0 unspecified atom stereocenters. The van der Waals surface area contributed by atoms with E-state index >= 15 is 0 Å². The Hall–Kier alpha value is -2.85. The molecule has 0 aromatic heterocycles. The number of nitrogens with zero attached hydrogens (tertiary/aromatic N) is 3. The van der Waals surface area contributed by atoms with Gasteiger partial charge in [-0.1, -0.05) is 30.0 Å². The zero-order chi connectivity index (χ0) is 19.0. The number of fused-ring (bicyclic) bond motifs is 1. The zero-order valence-corrected chi connectivity index (χ0v) is 15.0. The van der Waals surface area contributed by atoms with Crippen LogP contribution in [0.4, 0.5) is 14.5 Å². The van der Waals surface area contributed by atoms with Gasteiger partial charge in [0.15, 0.2) is 0 Å². The Morgan fingerprint density at radius 1 is 1.11 bits per heavy atom. The molecule has 0 N–H and O–H groups in total. The minimum absolute atomic E-state index is 0.0468. The predicted molar refractivity (Wildman–Crippen MR) is 99.4 cm³/mol. The van der Waals surface area contributed by atoms with Crippen LogP contribution in [0.25, 0.3) is 0 Å². The second kappa shape index (κ2) is 7.05. The summed E-state index contributed by atoms with van der Waals surface area (Å²) in [5.74, 6) is -0.945. The van der Waals surface area contributed by atoms with Crippen LogP contribution in [0.15, 0.2) is 59.1 Å². The number of nitriles is 1. The standard InChI is InChI=1S/C20H15F2N3OS/c21-13-5-7-14(8-6-13)24-11-25-19(26)9-16(15-3-1-2-4-18(15)22)17(10-23)20(25)27-12-24/h1-8,16H,9,11-12H2/t16-/m1/s1. The Kier molecular flexibility index (Phi) is 4.58. The number of carbonyl (C=O) groups excluding carboxylic acids is 1. The first-order valence-electron chi connectivity index (χ1n) is 8.41. The summed E-state index contributed by atoms with van der Waals surface area (Å²) in [5, 5.41) is 10.3. The van der Waals surface area contributed by atoms with E-state index in [2.05, 4.69) is 6.07 Å². The van der Waals surface area contributed by atoms with Gasteiger partial charge >= 0.3 is 0 Å². The Morgan fingerprint density at radius 2 is 1.85 bits per heavy atom. The molecule has 1 atom stereocenters. The van der Waals surface area contributed by atoms with Crippen LogP contribution in [-0.4, -0.2) is 23.4 Å². The van der Waals surface area contributed by atoms with Crippen molar-refractivity contribution in [1.29, 1.82) is 5.26 Å². The van der Waals surface area contributed by atoms with Crippen molar-refractivity contribution in [2.45, 2.75) is 12.3 Å². The molecule has 2 aromatic carbocycles. The van der Waals surface area contributed by atoms with E-state index in [-0.39, 0.29) is 24.8 Å². The maximum absolute atomic E-state index is 14.2. The number of rotatable bonds is 2. The fourth-order valence-corrected chi connectivity index (χ4v) is 4.57. The van der Waals surface area contributed by atoms with Crippen molar-refractivity contribution in [2.24, 2.45) is 0 Å². The maximum Gasteiger partial charge on any atom is 0.229 e. The molecule has 0 aliphatic carbocycles. The van der Waals surface area contributed by atoms with E-state index in [1.165, 1.54) is 30.0 Å². The molecule has 0 bridgehead atoms. The lowest BCUT2D eigenvalue weighted by Gasteiger charge is -2.42. The van der Waals surface area contributed by atoms with Crippen LogP contribution in [0.2, 0.25) is 0 Å². The van der Waals surface area contributed by atoms with E-state index in [1.807, 2.05) is 4.90 Å². The maximum atomic E-state index is 14.2. The van der Waals surface area contributed by atoms with E-state index in [0.717, 1.165) is 5.69 Å². The minimum atomic E-state index is -0.570. The molecule has 1 fully saturated rings. The van der Waals surface area contributed by atoms with Crippen molar-refractivity contribution in [3.8, 4) is 6.07 Å². The van der Waals surface area contributed by atoms with Crippen LogP contribution in [0, 0.1) is 23.0 Å². The SMILES string of the molecule is N#CC1=C2SCN(c3ccc(F)cc3)CN2C(=O)C[C@@H]1c1ccccc1F. The van der Waals surface area contributed by atoms with Gasteiger partial charge in [0.1, 0.15) is 11.6 Å². The number of hydrogen-bond acceptors (Lipinski definition) is 4. The van der Waals surface area contributed by atoms with Gasteiger partial charge in [-0.15, -0.1) is 0 Å². The molecule has 2 aliphatic heterocycles. The highest BCUT2D eigenvalue weighted by Crippen LogP contribution is 2.43. The van der Waals surface area contributed by atoms with Crippen LogP contribution < -0.4 is 4.90 Å². The normalized spacial score (nSPS) is 19.7. The molecular formula is C20H15F2N3OS. The third-order valence-corrected chi connectivity index (χ3v) is 5.92. The molecule has 7 heteroatoms. The minimum Gasteiger partial charge on any atom is -0.344 e. The molecule has 2 heterocycles. The topological polar surface area (TPSA) is 47.3 Å². The van der Waals surface area contributed by atoms with Gasteiger partial charge in [0.05, 0.1) is 29.2 Å². The van der Waals surface area contributed by atoms with Crippen LogP contribution in [-0.2, 0) is 4.79 Å². The molecule has 1 saturated heterocycles. The second-order valence-corrected chi connectivity index (χ2v) is 7.30. The summed E-state index contributed by atoms with van der Waals surface area (Å²) in [7, 11) is 0. The van der Waals surface area contributed by atoms with E-state index in [4.69, 9.17) is 0 Å². The monoisotopic (exact) mass is 383 g/mol. The third-order valence-electron chi connectivity index (χ3n) is 4.77. The Bertz CT molecular complexity index is 968. The van der Waals surface area contributed by atoms with E-state index in [0.29, 0.717) is 22.0 Å². The highest BCUT2D eigenvalue weighted by Gasteiger charge is 2.39. The Morgan fingerprint density at radius 3 is 2.56 bits per heavy atom. The number of benzene rings is 2. The highest BCUT2D eigenvalue weighted by atomic mass is 32.2. The molecule has 4 rings (SSSR count). The predicted octanol–water partition coefficient (Wildman–Crippen LogP) is 4.18. The van der Waals surface area contributed by atoms with Crippen LogP contribution in [0.3, 0.4) is 0 Å². The zero-order valence-electron chi connectivity index (χ0n) is 14.2. The average Bonchev–Trinajstić information content (AvgIpc) is 2.69. The second-order valence-electron chi connectivity index (χ2n) is 6.36. The Balaban J connectivity index is 1.68. The van der Waals surface area contributed by atoms with Gasteiger partial charge in [-0.05, 0) is 35.9 Å². The smallest absolute Gasteiger partial charge is 0.229 e. The summed E-state index contributed by atoms with van der Waals surface area (Å²) in [5.41, 5.74) is 1.59. The quantitative estimate of drug-likeness (QED) is 0.780. The summed E-state index contributed by atoms with van der Waals surface area (Å²) < 4.78 is 27.4. The summed E-state index contributed by atoms with van der Waals surface area (Å²) >= 11 is 1.37. The van der Waals surface area contributed by atoms with Gasteiger partial charge in [-0.2, -0.15) is 5.26 Å². The van der Waals surface area contributed by atoms with Crippen LogP contribution in [0.5, 0.6) is 0 Å². The number of carbonyl (C=O) groups is 1. The molecule has 136 valence electrons. The molecule has 1 amide bonds. The molecular weight excluding hydrogens is 368 g/mol. The number of thioether (sulfide) groups is 1. The van der Waals surface area contributed by atoms with Crippen molar-refractivity contribution in [2.75, 3.05) is 17.4 Å². The fourth-order valence-electron chi connectivity index (χ4n) is 3.40.